The molecule has 0 aliphatic carbocycles. The minimum atomic E-state index is -1.03. The van der Waals surface area contributed by atoms with Crippen LogP contribution in [0, 0.1) is 5.92 Å². The molecule has 3 aliphatic rings. The van der Waals surface area contributed by atoms with Gasteiger partial charge in [-0.1, -0.05) is 12.5 Å². The van der Waals surface area contributed by atoms with Crippen LogP contribution < -0.4 is 10.6 Å². The highest BCUT2D eigenvalue weighted by atomic mass is 35.5. The summed E-state index contributed by atoms with van der Waals surface area (Å²) in [5.41, 5.74) is -0.363. The van der Waals surface area contributed by atoms with Crippen molar-refractivity contribution >= 4 is 36.8 Å². The summed E-state index contributed by atoms with van der Waals surface area (Å²) in [6.45, 7) is 5.03. The van der Waals surface area contributed by atoms with Crippen molar-refractivity contribution in [1.29, 1.82) is 0 Å². The topological polar surface area (TPSA) is 77.6 Å². The van der Waals surface area contributed by atoms with Gasteiger partial charge in [0.05, 0.1) is 5.69 Å². The van der Waals surface area contributed by atoms with Crippen LogP contribution in [0.5, 0.6) is 0 Å². The van der Waals surface area contributed by atoms with E-state index in [1.165, 1.54) is 24.2 Å². The zero-order valence-electron chi connectivity index (χ0n) is 16.6. The predicted octanol–water partition coefficient (Wildman–Crippen LogP) is 2.16. The number of hydrogen-bond acceptors (Lipinski definition) is 5. The number of halogens is 2. The van der Waals surface area contributed by atoms with Crippen molar-refractivity contribution in [2.45, 2.75) is 37.6 Å². The van der Waals surface area contributed by atoms with Crippen molar-refractivity contribution in [3.8, 4) is 0 Å². The molecule has 1 aromatic heterocycles. The van der Waals surface area contributed by atoms with Crippen LogP contribution in [0.25, 0.3) is 0 Å². The highest BCUT2D eigenvalue weighted by molar-refractivity contribution is 6.07. The Balaban J connectivity index is 0.00000150. The number of piperidine rings is 2. The van der Waals surface area contributed by atoms with E-state index in [-0.39, 0.29) is 42.7 Å². The third-order valence-electron chi connectivity index (χ3n) is 6.24. The minimum absolute atomic E-state index is 0. The monoisotopic (exact) mass is 443 g/mol. The van der Waals surface area contributed by atoms with E-state index in [2.05, 4.69) is 20.5 Å². The Bertz CT molecular complexity index is 681. The number of pyridine rings is 1. The molecule has 1 atom stereocenters. The fourth-order valence-corrected chi connectivity index (χ4v) is 4.73. The van der Waals surface area contributed by atoms with Gasteiger partial charge in [0.2, 0.25) is 0 Å². The number of aromatic nitrogens is 1. The second kappa shape index (κ2) is 10.6. The number of carbonyl (C=O) groups is 2. The number of carbonyl (C=O) groups excluding carboxylic acids is 2. The molecule has 1 unspecified atom stereocenters. The number of likely N-dealkylation sites (tertiary alicyclic amines) is 1. The molecule has 3 amide bonds. The van der Waals surface area contributed by atoms with Gasteiger partial charge in [0.1, 0.15) is 0 Å². The zero-order valence-corrected chi connectivity index (χ0v) is 18.3. The zero-order chi connectivity index (χ0) is 18.7. The average Bonchev–Trinajstić information content (AvgIpc) is 2.99. The quantitative estimate of drug-likeness (QED) is 0.681. The summed E-state index contributed by atoms with van der Waals surface area (Å²) in [7, 11) is 0. The van der Waals surface area contributed by atoms with Crippen molar-refractivity contribution in [1.82, 2.24) is 25.4 Å². The van der Waals surface area contributed by atoms with E-state index in [0.717, 1.165) is 45.6 Å². The van der Waals surface area contributed by atoms with Gasteiger partial charge in [-0.3, -0.25) is 14.7 Å². The van der Waals surface area contributed by atoms with E-state index >= 15 is 0 Å². The molecule has 162 valence electrons. The molecular formula is C20H31Cl2N5O2. The maximum atomic E-state index is 13.6. The summed E-state index contributed by atoms with van der Waals surface area (Å²) in [6, 6.07) is 5.32. The third-order valence-corrected chi connectivity index (χ3v) is 6.24. The van der Waals surface area contributed by atoms with Crippen molar-refractivity contribution in [2.24, 2.45) is 5.92 Å². The van der Waals surface area contributed by atoms with Crippen molar-refractivity contribution < 1.29 is 9.59 Å². The van der Waals surface area contributed by atoms with Gasteiger partial charge in [0.15, 0.2) is 5.54 Å². The van der Waals surface area contributed by atoms with E-state index < -0.39 is 5.54 Å². The van der Waals surface area contributed by atoms with Crippen molar-refractivity contribution in [2.75, 3.05) is 39.3 Å². The molecule has 4 heterocycles. The molecule has 3 saturated heterocycles. The molecule has 7 nitrogen and oxygen atoms in total. The molecule has 0 radical (unpaired) electrons. The second-order valence-electron chi connectivity index (χ2n) is 7.84. The first-order valence-electron chi connectivity index (χ1n) is 10.2. The number of rotatable bonds is 5. The number of amides is 3. The van der Waals surface area contributed by atoms with Gasteiger partial charge in [-0.2, -0.15) is 0 Å². The number of nitrogens with zero attached hydrogens (tertiary/aromatic N) is 3. The normalized spacial score (nSPS) is 25.9. The van der Waals surface area contributed by atoms with Crippen LogP contribution in [-0.4, -0.2) is 66.0 Å². The van der Waals surface area contributed by atoms with Gasteiger partial charge in [0.25, 0.3) is 5.91 Å². The van der Waals surface area contributed by atoms with Gasteiger partial charge >= 0.3 is 6.03 Å². The molecule has 0 aromatic carbocycles. The minimum Gasteiger partial charge on any atom is -0.318 e. The Morgan fingerprint density at radius 2 is 1.76 bits per heavy atom. The summed E-state index contributed by atoms with van der Waals surface area (Å²) in [4.78, 5) is 34.7. The van der Waals surface area contributed by atoms with Crippen LogP contribution in [0.15, 0.2) is 24.4 Å². The lowest BCUT2D eigenvalue weighted by atomic mass is 9.75. The lowest BCUT2D eigenvalue weighted by Gasteiger charge is -2.37. The molecule has 3 aliphatic heterocycles. The molecular weight excluding hydrogens is 413 g/mol. The molecule has 0 bridgehead atoms. The Morgan fingerprint density at radius 1 is 1.03 bits per heavy atom. The molecule has 0 spiro atoms. The molecule has 0 saturated carbocycles. The van der Waals surface area contributed by atoms with Crippen LogP contribution in [0.1, 0.15) is 37.8 Å². The molecule has 9 heteroatoms. The maximum Gasteiger partial charge on any atom is 0.325 e. The van der Waals surface area contributed by atoms with E-state index in [4.69, 9.17) is 0 Å². The van der Waals surface area contributed by atoms with Gasteiger partial charge < -0.3 is 15.5 Å². The van der Waals surface area contributed by atoms with Crippen LogP contribution in [-0.2, 0) is 10.3 Å². The van der Waals surface area contributed by atoms with Gasteiger partial charge in [-0.05, 0) is 69.9 Å². The number of urea groups is 1. The number of hydrogen-bond donors (Lipinski definition) is 2. The van der Waals surface area contributed by atoms with Crippen LogP contribution in [0.4, 0.5) is 4.79 Å². The molecule has 1 aromatic rings. The Hall–Kier alpha value is -1.41. The summed E-state index contributed by atoms with van der Waals surface area (Å²) in [6.07, 6.45) is 7.08. The largest absolute Gasteiger partial charge is 0.325 e. The average molecular weight is 444 g/mol. The fourth-order valence-electron chi connectivity index (χ4n) is 4.73. The SMILES string of the molecule is Cl.Cl.O=C1NC(c2ccccn2)(C2CCNCC2)C(=O)N1CCN1CCCCC1. The van der Waals surface area contributed by atoms with E-state index in [1.54, 1.807) is 6.20 Å². The van der Waals surface area contributed by atoms with Crippen LogP contribution >= 0.6 is 24.8 Å². The summed E-state index contributed by atoms with van der Waals surface area (Å²) in [5, 5.41) is 6.42. The van der Waals surface area contributed by atoms with Gasteiger partial charge in [-0.15, -0.1) is 24.8 Å². The first kappa shape index (κ1) is 23.9. The third kappa shape index (κ3) is 4.68. The first-order chi connectivity index (χ1) is 13.2. The Kier molecular flexibility index (Phi) is 8.70. The predicted molar refractivity (Wildman–Crippen MR) is 117 cm³/mol. The first-order valence-corrected chi connectivity index (χ1v) is 10.2. The van der Waals surface area contributed by atoms with Gasteiger partial charge in [-0.25, -0.2) is 4.79 Å². The van der Waals surface area contributed by atoms with Crippen molar-refractivity contribution in [3.63, 3.8) is 0 Å². The van der Waals surface area contributed by atoms with Crippen LogP contribution in [0.2, 0.25) is 0 Å². The highest BCUT2D eigenvalue weighted by Gasteiger charge is 2.57. The summed E-state index contributed by atoms with van der Waals surface area (Å²) in [5.74, 6) is -0.0693. The Morgan fingerprint density at radius 3 is 2.41 bits per heavy atom. The van der Waals surface area contributed by atoms with E-state index in [9.17, 15) is 9.59 Å². The molecule has 4 rings (SSSR count). The number of imide groups is 1. The van der Waals surface area contributed by atoms with Crippen molar-refractivity contribution in [3.05, 3.63) is 30.1 Å². The highest BCUT2D eigenvalue weighted by Crippen LogP contribution is 2.39. The lowest BCUT2D eigenvalue weighted by molar-refractivity contribution is -0.134. The number of nitrogens with one attached hydrogen (secondary N) is 2. The van der Waals surface area contributed by atoms with E-state index in [1.807, 2.05) is 18.2 Å². The Labute approximate surface area is 184 Å². The summed E-state index contributed by atoms with van der Waals surface area (Å²) < 4.78 is 0. The molecule has 3 fully saturated rings. The van der Waals surface area contributed by atoms with E-state index in [0.29, 0.717) is 12.2 Å². The smallest absolute Gasteiger partial charge is 0.318 e. The standard InChI is InChI=1S/C20H29N5O2.2ClH/c26-18-20(16-7-10-21-11-8-16,17-6-2-3-9-22-17)23-19(27)25(18)15-14-24-12-4-1-5-13-24;;/h2-3,6,9,16,21H,1,4-5,7-8,10-15H2,(H,23,27);2*1H. The van der Waals surface area contributed by atoms with Gasteiger partial charge in [0, 0.05) is 19.3 Å². The summed E-state index contributed by atoms with van der Waals surface area (Å²) >= 11 is 0. The molecule has 2 N–H and O–H groups in total. The fraction of sp³-hybridized carbons (Fsp3) is 0.650. The molecule has 29 heavy (non-hydrogen) atoms. The second-order valence-corrected chi connectivity index (χ2v) is 7.84. The van der Waals surface area contributed by atoms with Crippen LogP contribution in [0.3, 0.4) is 0 Å². The maximum absolute atomic E-state index is 13.6. The lowest BCUT2D eigenvalue weighted by Crippen LogP contribution is -2.53.